The van der Waals surface area contributed by atoms with E-state index in [0.29, 0.717) is 66.9 Å². The Hall–Kier alpha value is -9.34. The summed E-state index contributed by atoms with van der Waals surface area (Å²) in [5, 5.41) is 15.7. The van der Waals surface area contributed by atoms with Crippen molar-refractivity contribution in [3.05, 3.63) is 170 Å². The molecule has 36 heteroatoms. The third kappa shape index (κ3) is 14.6. The number of aromatic nitrogens is 12. The van der Waals surface area contributed by atoms with Crippen LogP contribution in [0.1, 0.15) is 101 Å². The summed E-state index contributed by atoms with van der Waals surface area (Å²) in [6.07, 6.45) is 16.6. The lowest BCUT2D eigenvalue weighted by Gasteiger charge is -2.13. The molecule has 15 rings (SSSR count). The Morgan fingerprint density at radius 3 is 1.15 bits per heavy atom. The Balaban J connectivity index is 0.000000139. The zero-order valence-corrected chi connectivity index (χ0v) is 61.2. The largest absolute Gasteiger partial charge is 0.495 e. The van der Waals surface area contributed by atoms with Crippen LogP contribution in [0.3, 0.4) is 0 Å². The lowest BCUT2D eigenvalue weighted by Crippen LogP contribution is -2.15. The molecule has 3 aliphatic rings. The van der Waals surface area contributed by atoms with E-state index >= 15 is 13.2 Å². The highest BCUT2D eigenvalue weighted by atomic mass is 35.5. The fourth-order valence-electron chi connectivity index (χ4n) is 13.0. The summed E-state index contributed by atoms with van der Waals surface area (Å²) < 4.78 is 140. The van der Waals surface area contributed by atoms with Gasteiger partial charge in [0, 0.05) is 21.7 Å². The van der Waals surface area contributed by atoms with Crippen molar-refractivity contribution in [3.63, 3.8) is 0 Å². The van der Waals surface area contributed by atoms with Crippen molar-refractivity contribution >= 4 is 156 Å². The SMILES string of the molecule is COc1cc(C)ccc1S(=O)(=O)Nc1ccc(-c2nn(C3CCCC3)c3ncnc(N)c23)cc1F.Nc1ncnc2c1c(-c1ccc(NS(=O)(=O)c3ccc(Cl)c(Cl)c3Cl)c(F)c1)nn2C1CCCC1.Nc1ncnc2c1c(-c1ccc(NS(=O)(=O)c3ccc(Cl)cc3Cl)c(F)c1)nn2C1CCCC1. The maximum Gasteiger partial charge on any atom is 0.265 e. The van der Waals surface area contributed by atoms with E-state index in [1.54, 1.807) is 30.3 Å². The van der Waals surface area contributed by atoms with Crippen molar-refractivity contribution in [1.29, 1.82) is 0 Å². The molecule has 6 aromatic heterocycles. The highest BCUT2D eigenvalue weighted by Gasteiger charge is 2.31. The summed E-state index contributed by atoms with van der Waals surface area (Å²) in [6.45, 7) is 1.82. The summed E-state index contributed by atoms with van der Waals surface area (Å²) in [6, 6.07) is 24.0. The first kappa shape index (κ1) is 73.0. The molecule has 25 nitrogen and oxygen atoms in total. The quantitative estimate of drug-likeness (QED) is 0.0489. The average Bonchev–Trinajstić information content (AvgIpc) is 1.59. The zero-order chi connectivity index (χ0) is 73.7. The molecular formula is C68H62Cl5F3N18O7S3. The number of halogens is 8. The first-order chi connectivity index (χ1) is 49.7. The highest BCUT2D eigenvalue weighted by Crippen LogP contribution is 2.43. The summed E-state index contributed by atoms with van der Waals surface area (Å²) >= 11 is 29.8. The van der Waals surface area contributed by atoms with Gasteiger partial charge in [0.2, 0.25) is 0 Å². The first-order valence-corrected chi connectivity index (χ1v) is 38.7. The standard InChI is InChI=1S/C24H25FN6O3S.C22H18Cl3FN6O2S.C22H19Cl2FN6O2S/c1-14-7-10-20(19(11-14)34-2)35(32,33)30-18-9-8-15(12-17(18)25)22-21-23(26)27-13-28-24(21)31(29-22)16-5-3-4-6-16;23-13-6-8-16(19(25)18(13)24)35(33,34)31-15-7-5-11(9-14(15)26)20-17-21(27)28-10-29-22(17)32(30-20)12-3-1-2-4-12;23-13-6-8-18(15(24)10-13)34(32,33)30-17-7-5-12(9-16(17)25)20-19-21(26)27-11-28-22(19)31(29-20)14-3-1-2-4-14/h7-13,16,30H,3-6H2,1-2H3,(H2,26,27,28);5-10,12,31H,1-4H2,(H2,27,28,29);5-11,14,30H,1-4H2,(H2,26,27,28). The van der Waals surface area contributed by atoms with Gasteiger partial charge in [-0.05, 0) is 130 Å². The number of nitrogens with zero attached hydrogens (tertiary/aromatic N) is 12. The van der Waals surface area contributed by atoms with Gasteiger partial charge >= 0.3 is 0 Å². The number of hydrogen-bond acceptors (Lipinski definition) is 19. The predicted octanol–water partition coefficient (Wildman–Crippen LogP) is 16.0. The van der Waals surface area contributed by atoms with Gasteiger partial charge in [-0.25, -0.2) is 82.4 Å². The number of sulfonamides is 3. The maximum atomic E-state index is 15.2. The predicted molar refractivity (Wildman–Crippen MR) is 396 cm³/mol. The van der Waals surface area contributed by atoms with Gasteiger partial charge in [0.25, 0.3) is 30.1 Å². The molecule has 9 N–H and O–H groups in total. The van der Waals surface area contributed by atoms with E-state index in [-0.39, 0.29) is 98.2 Å². The van der Waals surface area contributed by atoms with E-state index in [1.165, 1.54) is 98.9 Å². The minimum atomic E-state index is -4.26. The number of aryl methyl sites for hydroxylation is 1. The third-order valence-corrected chi connectivity index (χ3v) is 24.4. The number of nitrogens with two attached hydrogens (primary N) is 3. The van der Waals surface area contributed by atoms with Crippen LogP contribution in [0.5, 0.6) is 5.75 Å². The van der Waals surface area contributed by atoms with Crippen LogP contribution in [0.25, 0.3) is 66.9 Å². The van der Waals surface area contributed by atoms with E-state index in [0.717, 1.165) is 82.6 Å². The average molecular weight is 1570 g/mol. The normalized spacial score (nSPS) is 14.6. The number of nitrogen functional groups attached to an aromatic ring is 3. The number of rotatable bonds is 16. The molecule has 0 unspecified atom stereocenters. The van der Waals surface area contributed by atoms with Gasteiger partial charge in [-0.15, -0.1) is 0 Å². The van der Waals surface area contributed by atoms with Gasteiger partial charge < -0.3 is 21.9 Å². The van der Waals surface area contributed by atoms with Crippen LogP contribution in [0.15, 0.2) is 137 Å². The minimum absolute atomic E-state index is 0.0728. The third-order valence-electron chi connectivity index (χ3n) is 18.1. The number of hydrogen-bond donors (Lipinski definition) is 6. The van der Waals surface area contributed by atoms with E-state index in [2.05, 4.69) is 44.1 Å². The lowest BCUT2D eigenvalue weighted by atomic mass is 10.1. The molecule has 3 aliphatic carbocycles. The fraction of sp³-hybridized carbons (Fsp3) is 0.250. The van der Waals surface area contributed by atoms with Gasteiger partial charge in [0.15, 0.2) is 16.9 Å². The lowest BCUT2D eigenvalue weighted by molar-refractivity contribution is 0.402. The second-order valence-corrected chi connectivity index (χ2v) is 31.8. The van der Waals surface area contributed by atoms with Crippen LogP contribution in [0.2, 0.25) is 25.1 Å². The minimum Gasteiger partial charge on any atom is -0.495 e. The monoisotopic (exact) mass is 1570 g/mol. The molecule has 0 spiro atoms. The number of benzene rings is 6. The Morgan fingerprint density at radius 2 is 0.788 bits per heavy atom. The second kappa shape index (κ2) is 29.7. The molecule has 0 radical (unpaired) electrons. The van der Waals surface area contributed by atoms with Gasteiger partial charge in [-0.3, -0.25) is 14.2 Å². The molecule has 540 valence electrons. The number of anilines is 6. The smallest absolute Gasteiger partial charge is 0.265 e. The van der Waals surface area contributed by atoms with Crippen molar-refractivity contribution in [1.82, 2.24) is 59.2 Å². The molecular weight excluding hydrogens is 1510 g/mol. The van der Waals surface area contributed by atoms with Gasteiger partial charge in [-0.1, -0.05) is 121 Å². The van der Waals surface area contributed by atoms with Gasteiger partial charge in [-0.2, -0.15) is 15.3 Å². The molecule has 0 aliphatic heterocycles. The van der Waals surface area contributed by atoms with Crippen LogP contribution in [-0.2, 0) is 30.1 Å². The molecule has 6 heterocycles. The Morgan fingerprint density at radius 1 is 0.433 bits per heavy atom. The molecule has 0 amide bonds. The number of nitrogens with one attached hydrogen (secondary N) is 3. The summed E-state index contributed by atoms with van der Waals surface area (Å²) in [7, 11) is -11.1. The maximum absolute atomic E-state index is 15.2. The molecule has 12 aromatic rings. The van der Waals surface area contributed by atoms with Crippen molar-refractivity contribution in [2.45, 2.75) is 117 Å². The number of methoxy groups -OCH3 is 1. The van der Waals surface area contributed by atoms with Gasteiger partial charge in [0.05, 0.1) is 78.5 Å². The first-order valence-electron chi connectivity index (χ1n) is 32.4. The number of ether oxygens (including phenoxy) is 1. The Kier molecular flexibility index (Phi) is 20.8. The van der Waals surface area contributed by atoms with Crippen molar-refractivity contribution < 1.29 is 43.2 Å². The topological polar surface area (TPSA) is 357 Å². The molecule has 104 heavy (non-hydrogen) atoms. The Labute approximate surface area is 618 Å². The van der Waals surface area contributed by atoms with E-state index < -0.39 is 47.5 Å². The van der Waals surface area contributed by atoms with Crippen molar-refractivity contribution in [2.75, 3.05) is 38.5 Å². The fourth-order valence-corrected chi connectivity index (χ4v) is 18.1. The van der Waals surface area contributed by atoms with Crippen LogP contribution in [0.4, 0.5) is 47.7 Å². The van der Waals surface area contributed by atoms with E-state index in [1.807, 2.05) is 21.0 Å². The van der Waals surface area contributed by atoms with Crippen LogP contribution >= 0.6 is 58.0 Å². The van der Waals surface area contributed by atoms with Gasteiger partial charge in [0.1, 0.15) is 91.4 Å². The summed E-state index contributed by atoms with van der Waals surface area (Å²) in [4.78, 5) is 24.7. The molecule has 3 saturated carbocycles. The molecule has 0 atom stereocenters. The zero-order valence-electron chi connectivity index (χ0n) is 55.0. The van der Waals surface area contributed by atoms with Crippen LogP contribution in [-0.4, -0.2) is 91.6 Å². The van der Waals surface area contributed by atoms with Crippen LogP contribution in [0, 0.1) is 24.4 Å². The molecule has 6 aromatic carbocycles. The number of fused-ring (bicyclic) bond motifs is 3. The molecule has 0 saturated heterocycles. The Bertz CT molecular complexity index is 5730. The van der Waals surface area contributed by atoms with E-state index in [9.17, 15) is 25.3 Å². The molecule has 3 fully saturated rings. The molecule has 0 bridgehead atoms. The highest BCUT2D eigenvalue weighted by molar-refractivity contribution is 7.93. The van der Waals surface area contributed by atoms with E-state index in [4.69, 9.17) is 95.2 Å². The summed E-state index contributed by atoms with van der Waals surface area (Å²) in [5.41, 5.74) is 22.9. The van der Waals surface area contributed by atoms with Crippen molar-refractivity contribution in [2.24, 2.45) is 0 Å². The van der Waals surface area contributed by atoms with Crippen LogP contribution < -0.4 is 36.1 Å². The summed E-state index contributed by atoms with van der Waals surface area (Å²) in [5.74, 6) is -1.46. The van der Waals surface area contributed by atoms with Crippen molar-refractivity contribution in [3.8, 4) is 39.5 Å². The second-order valence-electron chi connectivity index (χ2n) is 24.9.